The first-order valence-corrected chi connectivity index (χ1v) is 9.85. The molecule has 2 aliphatic rings. The lowest BCUT2D eigenvalue weighted by atomic mass is 9.72. The molecule has 1 heterocycles. The van der Waals surface area contributed by atoms with Gasteiger partial charge in [-0.1, -0.05) is 25.1 Å². The average molecular weight is 451 g/mol. The van der Waals surface area contributed by atoms with Crippen LogP contribution in [0.1, 0.15) is 51.0 Å². The van der Waals surface area contributed by atoms with Crippen LogP contribution in [0.4, 0.5) is 0 Å². The number of halogens is 1. The molecule has 1 aliphatic heterocycles. The lowest BCUT2D eigenvalue weighted by molar-refractivity contribution is -0.146. The number of carbonyl (C=O) groups is 2. The van der Waals surface area contributed by atoms with Gasteiger partial charge in [-0.05, 0) is 60.4 Å². The smallest absolute Gasteiger partial charge is 0.315 e. The fourth-order valence-electron chi connectivity index (χ4n) is 3.67. The van der Waals surface area contributed by atoms with Crippen molar-refractivity contribution in [2.75, 3.05) is 6.61 Å². The molecule has 1 aliphatic carbocycles. The van der Waals surface area contributed by atoms with Crippen molar-refractivity contribution in [2.45, 2.75) is 45.4 Å². The van der Waals surface area contributed by atoms with E-state index in [4.69, 9.17) is 4.74 Å². The number of carbonyl (C=O) groups excluding carboxylic acids is 2. The summed E-state index contributed by atoms with van der Waals surface area (Å²) in [5, 5.41) is 0. The topological polar surface area (TPSA) is 55.7 Å². The van der Waals surface area contributed by atoms with Crippen molar-refractivity contribution >= 4 is 40.1 Å². The highest BCUT2D eigenvalue weighted by molar-refractivity contribution is 14.1. The van der Waals surface area contributed by atoms with E-state index in [2.05, 4.69) is 27.6 Å². The molecule has 4 nitrogen and oxygen atoms in total. The van der Waals surface area contributed by atoms with Gasteiger partial charge in [-0.2, -0.15) is 0 Å². The van der Waals surface area contributed by atoms with Crippen LogP contribution >= 0.6 is 22.6 Å². The third kappa shape index (κ3) is 3.57. The normalized spacial score (nSPS) is 23.2. The summed E-state index contributed by atoms with van der Waals surface area (Å²) in [5.41, 5.74) is 3.34. The van der Waals surface area contributed by atoms with Crippen LogP contribution in [0.3, 0.4) is 0 Å². The van der Waals surface area contributed by atoms with Crippen LogP contribution in [0.5, 0.6) is 0 Å². The molecule has 0 bridgehead atoms. The van der Waals surface area contributed by atoms with Gasteiger partial charge in [-0.15, -0.1) is 0 Å². The molecule has 5 heteroatoms. The lowest BCUT2D eigenvalue weighted by Gasteiger charge is -2.34. The number of aliphatic imine (C=N–C) groups is 1. The number of hydrogen-bond donors (Lipinski definition) is 0. The molecule has 2 atom stereocenters. The number of benzene rings is 1. The SMILES string of the molecule is CCCOC(=O)C1C(C)=NC2=C(C(=O)CCC2)[C@@H]1c1ccccc1I. The van der Waals surface area contributed by atoms with E-state index in [9.17, 15) is 9.59 Å². The Hall–Kier alpha value is -1.50. The van der Waals surface area contributed by atoms with E-state index in [0.717, 1.165) is 45.4 Å². The molecule has 0 saturated carbocycles. The second kappa shape index (κ2) is 7.81. The molecule has 0 aromatic heterocycles. The molecule has 1 aromatic carbocycles. The summed E-state index contributed by atoms with van der Waals surface area (Å²) in [5.74, 6) is -0.978. The monoisotopic (exact) mass is 451 g/mol. The Morgan fingerprint density at radius 1 is 1.32 bits per heavy atom. The van der Waals surface area contributed by atoms with Crippen LogP contribution in [0.2, 0.25) is 0 Å². The summed E-state index contributed by atoms with van der Waals surface area (Å²) in [7, 11) is 0. The first-order chi connectivity index (χ1) is 12.0. The van der Waals surface area contributed by atoms with Gasteiger partial charge in [0.15, 0.2) is 5.78 Å². The predicted octanol–water partition coefficient (Wildman–Crippen LogP) is 4.43. The molecular weight excluding hydrogens is 429 g/mol. The highest BCUT2D eigenvalue weighted by Gasteiger charge is 2.43. The number of allylic oxidation sites excluding steroid dienone is 2. The number of rotatable bonds is 4. The average Bonchev–Trinajstić information content (AvgIpc) is 2.59. The number of nitrogens with zero attached hydrogens (tertiary/aromatic N) is 1. The molecule has 1 aromatic rings. The summed E-state index contributed by atoms with van der Waals surface area (Å²) < 4.78 is 6.51. The van der Waals surface area contributed by atoms with E-state index in [-0.39, 0.29) is 17.7 Å². The van der Waals surface area contributed by atoms with Gasteiger partial charge in [0.25, 0.3) is 0 Å². The molecule has 0 saturated heterocycles. The first kappa shape index (κ1) is 18.3. The Morgan fingerprint density at radius 2 is 2.08 bits per heavy atom. The molecule has 0 N–H and O–H groups in total. The van der Waals surface area contributed by atoms with Crippen LogP contribution < -0.4 is 0 Å². The minimum atomic E-state index is -0.525. The maximum absolute atomic E-state index is 12.8. The van der Waals surface area contributed by atoms with Crippen molar-refractivity contribution in [2.24, 2.45) is 10.9 Å². The van der Waals surface area contributed by atoms with Crippen LogP contribution in [0.25, 0.3) is 0 Å². The zero-order valence-electron chi connectivity index (χ0n) is 14.5. The quantitative estimate of drug-likeness (QED) is 0.503. The summed E-state index contributed by atoms with van der Waals surface area (Å²) in [6, 6.07) is 7.95. The number of ketones is 1. The standard InChI is InChI=1S/C20H22INO3/c1-3-11-25-20(24)17-12(2)22-15-9-6-10-16(23)19(15)18(17)13-7-4-5-8-14(13)21/h4-5,7-8,17-18H,3,6,9-11H2,1-2H3/t17?,18-/m1/s1. The van der Waals surface area contributed by atoms with E-state index in [1.165, 1.54) is 0 Å². The van der Waals surface area contributed by atoms with Gasteiger partial charge in [0.1, 0.15) is 5.92 Å². The second-order valence-electron chi connectivity index (χ2n) is 6.53. The van der Waals surface area contributed by atoms with Gasteiger partial charge >= 0.3 is 5.97 Å². The third-order valence-electron chi connectivity index (χ3n) is 4.78. The highest BCUT2D eigenvalue weighted by Crippen LogP contribution is 2.44. The van der Waals surface area contributed by atoms with E-state index >= 15 is 0 Å². The number of Topliss-reactive ketones (excluding diaryl/α,β-unsaturated/α-hetero) is 1. The predicted molar refractivity (Wildman–Crippen MR) is 106 cm³/mol. The van der Waals surface area contributed by atoms with Crippen molar-refractivity contribution in [3.05, 3.63) is 44.7 Å². The fourth-order valence-corrected chi connectivity index (χ4v) is 4.39. The molecule has 0 amide bonds. The number of ether oxygens (including phenoxy) is 1. The highest BCUT2D eigenvalue weighted by atomic mass is 127. The Balaban J connectivity index is 2.12. The second-order valence-corrected chi connectivity index (χ2v) is 7.70. The number of hydrogen-bond acceptors (Lipinski definition) is 4. The van der Waals surface area contributed by atoms with Crippen molar-refractivity contribution in [3.8, 4) is 0 Å². The third-order valence-corrected chi connectivity index (χ3v) is 5.76. The van der Waals surface area contributed by atoms with Crippen molar-refractivity contribution in [1.29, 1.82) is 0 Å². The maximum atomic E-state index is 12.8. The summed E-state index contributed by atoms with van der Waals surface area (Å²) in [6.45, 7) is 4.24. The fraction of sp³-hybridized carbons (Fsp3) is 0.450. The Bertz CT molecular complexity index is 766. The van der Waals surface area contributed by atoms with Crippen LogP contribution in [0.15, 0.2) is 40.5 Å². The van der Waals surface area contributed by atoms with Crippen LogP contribution in [-0.2, 0) is 14.3 Å². The molecule has 0 radical (unpaired) electrons. The maximum Gasteiger partial charge on any atom is 0.315 e. The number of esters is 1. The molecule has 0 spiro atoms. The molecular formula is C20H22INO3. The summed E-state index contributed by atoms with van der Waals surface area (Å²) in [6.07, 6.45) is 2.94. The van der Waals surface area contributed by atoms with Crippen molar-refractivity contribution < 1.29 is 14.3 Å². The Morgan fingerprint density at radius 3 is 2.80 bits per heavy atom. The van der Waals surface area contributed by atoms with Crippen LogP contribution in [0, 0.1) is 9.49 Å². The Labute approximate surface area is 161 Å². The largest absolute Gasteiger partial charge is 0.465 e. The lowest BCUT2D eigenvalue weighted by Crippen LogP contribution is -2.37. The van der Waals surface area contributed by atoms with Gasteiger partial charge in [0.05, 0.1) is 6.61 Å². The van der Waals surface area contributed by atoms with E-state index in [1.54, 1.807) is 0 Å². The molecule has 25 heavy (non-hydrogen) atoms. The Kier molecular flexibility index (Phi) is 5.71. The van der Waals surface area contributed by atoms with Gasteiger partial charge in [0.2, 0.25) is 0 Å². The minimum Gasteiger partial charge on any atom is -0.465 e. The van der Waals surface area contributed by atoms with Gasteiger partial charge < -0.3 is 4.74 Å². The summed E-state index contributed by atoms with van der Waals surface area (Å²) in [4.78, 5) is 30.2. The molecule has 132 valence electrons. The van der Waals surface area contributed by atoms with Gasteiger partial charge in [0, 0.05) is 32.9 Å². The zero-order valence-corrected chi connectivity index (χ0v) is 16.7. The van der Waals surface area contributed by atoms with Crippen molar-refractivity contribution in [3.63, 3.8) is 0 Å². The molecule has 1 unspecified atom stereocenters. The molecule has 0 fully saturated rings. The molecule has 3 rings (SSSR count). The van der Waals surface area contributed by atoms with Crippen LogP contribution in [-0.4, -0.2) is 24.1 Å². The van der Waals surface area contributed by atoms with E-state index in [0.29, 0.717) is 13.0 Å². The van der Waals surface area contributed by atoms with E-state index in [1.807, 2.05) is 38.1 Å². The minimum absolute atomic E-state index is 0.121. The van der Waals surface area contributed by atoms with Gasteiger partial charge in [-0.3, -0.25) is 14.6 Å². The van der Waals surface area contributed by atoms with E-state index < -0.39 is 5.92 Å². The van der Waals surface area contributed by atoms with Crippen molar-refractivity contribution in [1.82, 2.24) is 0 Å². The van der Waals surface area contributed by atoms with Gasteiger partial charge in [-0.25, -0.2) is 0 Å². The summed E-state index contributed by atoms with van der Waals surface area (Å²) >= 11 is 2.28. The first-order valence-electron chi connectivity index (χ1n) is 8.77. The zero-order chi connectivity index (χ0) is 18.0.